The molecule has 5 aliphatic rings. The lowest BCUT2D eigenvalue weighted by molar-refractivity contribution is -0.144. The normalized spacial score (nSPS) is 32.7. The molecule has 3 heterocycles. The monoisotopic (exact) mass is 523 g/mol. The van der Waals surface area contributed by atoms with Gasteiger partial charge in [0.15, 0.2) is 0 Å². The largest absolute Gasteiger partial charge is 0.457 e. The number of hydrogen-bond donors (Lipinski definition) is 2. The summed E-state index contributed by atoms with van der Waals surface area (Å²) in [5.74, 6) is 3.54. The van der Waals surface area contributed by atoms with Crippen molar-refractivity contribution < 1.29 is 9.47 Å². The summed E-state index contributed by atoms with van der Waals surface area (Å²) in [6.07, 6.45) is 16.7. The molecule has 1 spiro atoms. The molecule has 1 saturated carbocycles. The van der Waals surface area contributed by atoms with Crippen LogP contribution in [0.1, 0.15) is 56.6 Å². The van der Waals surface area contributed by atoms with Gasteiger partial charge in [0.05, 0.1) is 18.2 Å². The Labute approximate surface area is 232 Å². The topological polar surface area (TPSA) is 68.9 Å². The highest BCUT2D eigenvalue weighted by Gasteiger charge is 2.61. The number of rotatable bonds is 5. The lowest BCUT2D eigenvalue weighted by atomic mass is 9.50. The number of benzene rings is 2. The van der Waals surface area contributed by atoms with Gasteiger partial charge >= 0.3 is 0 Å². The Kier molecular flexibility index (Phi) is 6.70. The van der Waals surface area contributed by atoms with Crippen LogP contribution in [0.25, 0.3) is 0 Å². The standard InChI is InChI=1S/C34H41N3O2/c1-22(20-36-21-35)23-13-15-27-32(18-23)39-33-19-24(29-10-6-7-17-37-29)14-16-28(33)34(27)25-8-2-4-11-30(25)38-31-12-5-3-9-26(31)34/h2-5,8-9,11-13,15,17-18,22,24,27-29,32-33,36H,6-7,10,14,16,19-21,35H2,1H3/t22?,24?,27?,28-,29?,32?,33?/m0/s1. The van der Waals surface area contributed by atoms with Crippen LogP contribution in [0.3, 0.4) is 0 Å². The summed E-state index contributed by atoms with van der Waals surface area (Å²) in [6.45, 7) is 3.63. The maximum absolute atomic E-state index is 7.19. The van der Waals surface area contributed by atoms with Crippen LogP contribution in [0.4, 0.5) is 0 Å². The molecular formula is C34H41N3O2. The molecule has 0 amide bonds. The second-order valence-corrected chi connectivity index (χ2v) is 12.2. The van der Waals surface area contributed by atoms with Crippen molar-refractivity contribution in [1.29, 1.82) is 0 Å². The highest BCUT2D eigenvalue weighted by molar-refractivity contribution is 5.61. The number of fused-ring (bicyclic) bond motifs is 8. The molecule has 2 aromatic rings. The molecule has 2 aliphatic carbocycles. The van der Waals surface area contributed by atoms with Crippen molar-refractivity contribution in [2.75, 3.05) is 13.2 Å². The quantitative estimate of drug-likeness (QED) is 0.462. The van der Waals surface area contributed by atoms with E-state index in [1.807, 2.05) is 0 Å². The second kappa shape index (κ2) is 10.3. The summed E-state index contributed by atoms with van der Waals surface area (Å²) >= 11 is 0. The molecule has 0 bridgehead atoms. The number of allylic oxidation sites excluding steroid dienone is 1. The third kappa shape index (κ3) is 4.13. The maximum atomic E-state index is 7.19. The average molecular weight is 524 g/mol. The number of ether oxygens (including phenoxy) is 2. The zero-order chi connectivity index (χ0) is 26.4. The molecule has 6 unspecified atom stereocenters. The molecule has 1 saturated heterocycles. The summed E-state index contributed by atoms with van der Waals surface area (Å²) in [5, 5.41) is 3.32. The molecule has 2 fully saturated rings. The van der Waals surface area contributed by atoms with Gasteiger partial charge in [-0.1, -0.05) is 61.5 Å². The zero-order valence-electron chi connectivity index (χ0n) is 23.0. The van der Waals surface area contributed by atoms with Crippen molar-refractivity contribution in [2.45, 2.75) is 69.1 Å². The van der Waals surface area contributed by atoms with E-state index in [4.69, 9.17) is 20.2 Å². The number of para-hydroxylation sites is 2. The van der Waals surface area contributed by atoms with Crippen molar-refractivity contribution in [3.05, 3.63) is 83.5 Å². The van der Waals surface area contributed by atoms with Crippen LogP contribution in [-0.2, 0) is 10.2 Å². The Bertz CT molecular complexity index is 1250. The molecule has 204 valence electrons. The van der Waals surface area contributed by atoms with Crippen LogP contribution in [0.5, 0.6) is 11.5 Å². The van der Waals surface area contributed by atoms with Crippen LogP contribution < -0.4 is 15.8 Å². The molecule has 7 rings (SSSR count). The lowest BCUT2D eigenvalue weighted by Gasteiger charge is -2.59. The van der Waals surface area contributed by atoms with Gasteiger partial charge in [0.25, 0.3) is 0 Å². The van der Waals surface area contributed by atoms with E-state index >= 15 is 0 Å². The molecule has 0 aromatic heterocycles. The fraction of sp³-hybridized carbons (Fsp3) is 0.500. The van der Waals surface area contributed by atoms with Gasteiger partial charge in [-0.2, -0.15) is 0 Å². The fourth-order valence-electron chi connectivity index (χ4n) is 8.46. The first-order chi connectivity index (χ1) is 19.2. The smallest absolute Gasteiger partial charge is 0.131 e. The minimum Gasteiger partial charge on any atom is -0.457 e. The first kappa shape index (κ1) is 25.3. The van der Waals surface area contributed by atoms with E-state index in [0.29, 0.717) is 30.5 Å². The summed E-state index contributed by atoms with van der Waals surface area (Å²) in [5.41, 5.74) is 9.54. The van der Waals surface area contributed by atoms with Crippen LogP contribution in [0.2, 0.25) is 0 Å². The van der Waals surface area contributed by atoms with E-state index in [1.54, 1.807) is 0 Å². The van der Waals surface area contributed by atoms with Crippen LogP contribution in [0, 0.1) is 23.7 Å². The van der Waals surface area contributed by atoms with Crippen molar-refractivity contribution in [3.8, 4) is 11.5 Å². The first-order valence-corrected chi connectivity index (χ1v) is 15.0. The van der Waals surface area contributed by atoms with Crippen LogP contribution >= 0.6 is 0 Å². The van der Waals surface area contributed by atoms with Crippen molar-refractivity contribution >= 4 is 6.21 Å². The highest BCUT2D eigenvalue weighted by atomic mass is 16.5. The molecule has 3 N–H and O–H groups in total. The average Bonchev–Trinajstić information content (AvgIpc) is 2.99. The Balaban J connectivity index is 1.35. The molecular weight excluding hydrogens is 482 g/mol. The Hall–Kier alpha value is -2.73. The van der Waals surface area contributed by atoms with Gasteiger partial charge in [-0.05, 0) is 80.2 Å². The summed E-state index contributed by atoms with van der Waals surface area (Å²) < 4.78 is 13.8. The van der Waals surface area contributed by atoms with Gasteiger partial charge in [-0.3, -0.25) is 4.99 Å². The van der Waals surface area contributed by atoms with Crippen molar-refractivity contribution in [1.82, 2.24) is 5.32 Å². The Morgan fingerprint density at radius 1 is 1.05 bits per heavy atom. The van der Waals surface area contributed by atoms with Crippen molar-refractivity contribution in [2.24, 2.45) is 34.4 Å². The lowest BCUT2D eigenvalue weighted by Crippen LogP contribution is -2.60. The maximum Gasteiger partial charge on any atom is 0.131 e. The van der Waals surface area contributed by atoms with Gasteiger partial charge in [0.2, 0.25) is 0 Å². The third-order valence-corrected chi connectivity index (χ3v) is 10.2. The number of nitrogens with one attached hydrogen (secondary N) is 1. The van der Waals surface area contributed by atoms with Gasteiger partial charge in [0, 0.05) is 35.7 Å². The second-order valence-electron chi connectivity index (χ2n) is 12.2. The van der Waals surface area contributed by atoms with Crippen molar-refractivity contribution in [3.63, 3.8) is 0 Å². The van der Waals surface area contributed by atoms with E-state index in [-0.39, 0.29) is 23.5 Å². The first-order valence-electron chi connectivity index (χ1n) is 15.0. The van der Waals surface area contributed by atoms with Gasteiger partial charge in [-0.25, -0.2) is 0 Å². The molecule has 5 heteroatoms. The molecule has 7 atom stereocenters. The Morgan fingerprint density at radius 2 is 1.82 bits per heavy atom. The minimum atomic E-state index is -0.197. The van der Waals surface area contributed by atoms with Gasteiger partial charge in [0.1, 0.15) is 11.5 Å². The number of hydrogen-bond acceptors (Lipinski definition) is 5. The molecule has 0 radical (unpaired) electrons. The van der Waals surface area contributed by atoms with Gasteiger partial charge < -0.3 is 20.5 Å². The fourth-order valence-corrected chi connectivity index (χ4v) is 8.46. The molecule has 39 heavy (non-hydrogen) atoms. The number of aliphatic imine (C=N–C) groups is 1. The Morgan fingerprint density at radius 3 is 2.54 bits per heavy atom. The van der Waals surface area contributed by atoms with E-state index in [1.165, 1.54) is 36.0 Å². The summed E-state index contributed by atoms with van der Waals surface area (Å²) in [4.78, 5) is 4.97. The van der Waals surface area contributed by atoms with Gasteiger partial charge in [-0.15, -0.1) is 0 Å². The van der Waals surface area contributed by atoms with E-state index < -0.39 is 0 Å². The van der Waals surface area contributed by atoms with Crippen LogP contribution in [0.15, 0.2) is 77.3 Å². The molecule has 5 nitrogen and oxygen atoms in total. The highest BCUT2D eigenvalue weighted by Crippen LogP contribution is 2.63. The molecule has 3 aliphatic heterocycles. The minimum absolute atomic E-state index is 0.0133. The third-order valence-electron chi connectivity index (χ3n) is 10.2. The van der Waals surface area contributed by atoms with E-state index in [0.717, 1.165) is 37.3 Å². The van der Waals surface area contributed by atoms with E-state index in [9.17, 15) is 0 Å². The number of nitrogens with two attached hydrogens (primary N) is 1. The summed E-state index contributed by atoms with van der Waals surface area (Å²) in [6, 6.07) is 18.0. The SMILES string of the molecule is CC(CNCN)C1=CC2OC3CC(C4CCCC=N4)CC[C@@H]3C3(c4ccccc4Oc4ccccc43)C2C=C1. The summed E-state index contributed by atoms with van der Waals surface area (Å²) in [7, 11) is 0. The zero-order valence-corrected chi connectivity index (χ0v) is 23.0. The number of nitrogens with zero attached hydrogens (tertiary/aromatic N) is 1. The van der Waals surface area contributed by atoms with Crippen LogP contribution in [-0.4, -0.2) is 37.7 Å². The van der Waals surface area contributed by atoms with E-state index in [2.05, 4.69) is 85.2 Å². The predicted octanol–water partition coefficient (Wildman–Crippen LogP) is 6.14. The predicted molar refractivity (Wildman–Crippen MR) is 156 cm³/mol. The molecule has 2 aromatic carbocycles.